The van der Waals surface area contributed by atoms with E-state index in [1.54, 1.807) is 0 Å². The number of sulfone groups is 1. The molecule has 0 aliphatic carbocycles. The molecular formula is C19H19F3O5S. The minimum Gasteiger partial charge on any atom is -0.481 e. The lowest BCUT2D eigenvalue weighted by Gasteiger charge is -2.18. The van der Waals surface area contributed by atoms with Crippen LogP contribution in [-0.2, 0) is 20.6 Å². The molecule has 0 bridgehead atoms. The lowest BCUT2D eigenvalue weighted by Crippen LogP contribution is -2.13. The Balaban J connectivity index is 2.63. The van der Waals surface area contributed by atoms with E-state index in [0.717, 1.165) is 30.3 Å². The fourth-order valence-electron chi connectivity index (χ4n) is 2.51. The summed E-state index contributed by atoms with van der Waals surface area (Å²) in [6.45, 7) is 1.95. The molecular weight excluding hydrogens is 397 g/mol. The van der Waals surface area contributed by atoms with E-state index < -0.39 is 46.1 Å². The van der Waals surface area contributed by atoms with Gasteiger partial charge in [-0.1, -0.05) is 19.9 Å². The minimum atomic E-state index is -3.66. The molecule has 0 radical (unpaired) electrons. The standard InChI is InChI=1S/C19H19F3O5S/c1-3-19(21,22)12-5-8-17(27-11-18(23)24)15(9-12)14-7-6-13(10-16(14)20)28(25,26)4-2/h5-10H,3-4,11H2,1-2H3,(H,23,24). The van der Waals surface area contributed by atoms with Gasteiger partial charge in [0.05, 0.1) is 10.6 Å². The van der Waals surface area contributed by atoms with Crippen molar-refractivity contribution in [1.29, 1.82) is 0 Å². The predicted octanol–water partition coefficient (Wildman–Crippen LogP) is 4.25. The monoisotopic (exact) mass is 416 g/mol. The van der Waals surface area contributed by atoms with Gasteiger partial charge >= 0.3 is 5.97 Å². The van der Waals surface area contributed by atoms with Crippen LogP contribution in [0.1, 0.15) is 25.8 Å². The SMILES string of the molecule is CCC(F)(F)c1ccc(OCC(=O)O)c(-c2ccc(S(=O)(=O)CC)cc2F)c1. The lowest BCUT2D eigenvalue weighted by molar-refractivity contribution is -0.139. The van der Waals surface area contributed by atoms with Crippen molar-refractivity contribution in [2.45, 2.75) is 31.1 Å². The average Bonchev–Trinajstić information content (AvgIpc) is 2.66. The number of benzene rings is 2. The third-order valence-electron chi connectivity index (χ3n) is 4.17. The summed E-state index contributed by atoms with van der Waals surface area (Å²) in [5.74, 6) is -5.76. The third-order valence-corrected chi connectivity index (χ3v) is 5.90. The molecule has 5 nitrogen and oxygen atoms in total. The number of carboxylic acid groups (broad SMARTS) is 1. The molecule has 2 aromatic rings. The van der Waals surface area contributed by atoms with Crippen molar-refractivity contribution < 1.29 is 36.2 Å². The van der Waals surface area contributed by atoms with Gasteiger partial charge in [0.25, 0.3) is 5.92 Å². The maximum atomic E-state index is 14.7. The Bertz CT molecular complexity index is 987. The molecule has 2 rings (SSSR count). The molecule has 0 saturated carbocycles. The Labute approximate surface area is 160 Å². The van der Waals surface area contributed by atoms with Crippen molar-refractivity contribution in [1.82, 2.24) is 0 Å². The van der Waals surface area contributed by atoms with E-state index in [-0.39, 0.29) is 27.5 Å². The lowest BCUT2D eigenvalue weighted by atomic mass is 9.97. The van der Waals surface area contributed by atoms with Crippen molar-refractivity contribution in [3.05, 3.63) is 47.8 Å². The highest BCUT2D eigenvalue weighted by Crippen LogP contribution is 2.39. The van der Waals surface area contributed by atoms with Gasteiger partial charge in [0.2, 0.25) is 0 Å². The maximum absolute atomic E-state index is 14.7. The van der Waals surface area contributed by atoms with Crippen LogP contribution in [0.5, 0.6) is 5.75 Å². The largest absolute Gasteiger partial charge is 0.481 e. The quantitative estimate of drug-likeness (QED) is 0.696. The number of hydrogen-bond donors (Lipinski definition) is 1. The van der Waals surface area contributed by atoms with Gasteiger partial charge in [-0.3, -0.25) is 0 Å². The molecule has 0 unspecified atom stereocenters. The van der Waals surface area contributed by atoms with E-state index >= 15 is 0 Å². The fourth-order valence-corrected chi connectivity index (χ4v) is 3.40. The second kappa shape index (κ2) is 8.22. The summed E-state index contributed by atoms with van der Waals surface area (Å²) in [7, 11) is -3.66. The molecule has 0 aromatic heterocycles. The zero-order valence-corrected chi connectivity index (χ0v) is 16.0. The first kappa shape index (κ1) is 21.7. The number of halogens is 3. The van der Waals surface area contributed by atoms with Crippen molar-refractivity contribution in [3.8, 4) is 16.9 Å². The van der Waals surface area contributed by atoms with Crippen LogP contribution in [0, 0.1) is 5.82 Å². The average molecular weight is 416 g/mol. The van der Waals surface area contributed by atoms with Crippen LogP contribution in [0.2, 0.25) is 0 Å². The first-order chi connectivity index (χ1) is 13.0. The van der Waals surface area contributed by atoms with Gasteiger partial charge in [-0.2, -0.15) is 0 Å². The van der Waals surface area contributed by atoms with Gasteiger partial charge in [-0.25, -0.2) is 26.4 Å². The van der Waals surface area contributed by atoms with Gasteiger partial charge in [0.1, 0.15) is 11.6 Å². The molecule has 0 atom stereocenters. The van der Waals surface area contributed by atoms with Crippen molar-refractivity contribution >= 4 is 15.8 Å². The van der Waals surface area contributed by atoms with Crippen LogP contribution < -0.4 is 4.74 Å². The van der Waals surface area contributed by atoms with Gasteiger partial charge < -0.3 is 9.84 Å². The van der Waals surface area contributed by atoms with E-state index in [2.05, 4.69) is 0 Å². The summed E-state index contributed by atoms with van der Waals surface area (Å²) < 4.78 is 71.8. The number of carbonyl (C=O) groups is 1. The summed E-state index contributed by atoms with van der Waals surface area (Å²) in [6.07, 6.45) is -0.488. The second-order valence-corrected chi connectivity index (χ2v) is 8.27. The number of carboxylic acids is 1. The van der Waals surface area contributed by atoms with E-state index in [4.69, 9.17) is 9.84 Å². The summed E-state index contributed by atoms with van der Waals surface area (Å²) in [5, 5.41) is 8.78. The van der Waals surface area contributed by atoms with Gasteiger partial charge in [-0.05, 0) is 30.3 Å². The molecule has 0 aliphatic heterocycles. The van der Waals surface area contributed by atoms with Crippen LogP contribution in [-0.4, -0.2) is 31.9 Å². The zero-order chi connectivity index (χ0) is 21.1. The Hall–Kier alpha value is -2.55. The van der Waals surface area contributed by atoms with Crippen LogP contribution in [0.25, 0.3) is 11.1 Å². The van der Waals surface area contributed by atoms with Crippen LogP contribution >= 0.6 is 0 Å². The van der Waals surface area contributed by atoms with E-state index in [9.17, 15) is 26.4 Å². The molecule has 0 spiro atoms. The smallest absolute Gasteiger partial charge is 0.341 e. The molecule has 2 aromatic carbocycles. The first-order valence-electron chi connectivity index (χ1n) is 8.41. The number of hydrogen-bond acceptors (Lipinski definition) is 4. The molecule has 0 amide bonds. The number of alkyl halides is 2. The highest BCUT2D eigenvalue weighted by atomic mass is 32.2. The van der Waals surface area contributed by atoms with Crippen molar-refractivity contribution in [2.75, 3.05) is 12.4 Å². The molecule has 0 heterocycles. The molecule has 0 saturated heterocycles. The summed E-state index contributed by atoms with van der Waals surface area (Å²) in [4.78, 5) is 10.5. The highest BCUT2D eigenvalue weighted by Gasteiger charge is 2.30. The zero-order valence-electron chi connectivity index (χ0n) is 15.2. The van der Waals surface area contributed by atoms with Gasteiger partial charge in [0.15, 0.2) is 16.4 Å². The Morgan fingerprint density at radius 3 is 2.32 bits per heavy atom. The summed E-state index contributed by atoms with van der Waals surface area (Å²) in [6, 6.07) is 6.37. The fraction of sp³-hybridized carbons (Fsp3) is 0.316. The normalized spacial score (nSPS) is 12.0. The van der Waals surface area contributed by atoms with Gasteiger partial charge in [0, 0.05) is 23.1 Å². The Morgan fingerprint density at radius 1 is 1.11 bits per heavy atom. The number of aliphatic carboxylic acids is 1. The van der Waals surface area contributed by atoms with E-state index in [1.165, 1.54) is 19.9 Å². The summed E-state index contributed by atoms with van der Waals surface area (Å²) >= 11 is 0. The highest BCUT2D eigenvalue weighted by molar-refractivity contribution is 7.91. The van der Waals surface area contributed by atoms with Crippen LogP contribution in [0.15, 0.2) is 41.3 Å². The van der Waals surface area contributed by atoms with Gasteiger partial charge in [-0.15, -0.1) is 0 Å². The topological polar surface area (TPSA) is 80.7 Å². The second-order valence-electron chi connectivity index (χ2n) is 6.00. The first-order valence-corrected chi connectivity index (χ1v) is 10.1. The molecule has 28 heavy (non-hydrogen) atoms. The molecule has 1 N–H and O–H groups in total. The van der Waals surface area contributed by atoms with Crippen molar-refractivity contribution in [3.63, 3.8) is 0 Å². The Morgan fingerprint density at radius 2 is 1.79 bits per heavy atom. The molecule has 0 aliphatic rings. The van der Waals surface area contributed by atoms with Crippen LogP contribution in [0.4, 0.5) is 13.2 Å². The predicted molar refractivity (Wildman–Crippen MR) is 96.9 cm³/mol. The number of rotatable bonds is 8. The van der Waals surface area contributed by atoms with Crippen LogP contribution in [0.3, 0.4) is 0 Å². The third kappa shape index (κ3) is 4.64. The van der Waals surface area contributed by atoms with E-state index in [1.807, 2.05) is 0 Å². The summed E-state index contributed by atoms with van der Waals surface area (Å²) in [5.41, 5.74) is -0.661. The molecule has 9 heteroatoms. The van der Waals surface area contributed by atoms with Crippen molar-refractivity contribution in [2.24, 2.45) is 0 Å². The molecule has 152 valence electrons. The minimum absolute atomic E-state index is 0.0928. The Kier molecular flexibility index (Phi) is 6.38. The number of ether oxygens (including phenoxy) is 1. The maximum Gasteiger partial charge on any atom is 0.341 e. The van der Waals surface area contributed by atoms with E-state index in [0.29, 0.717) is 0 Å². The molecule has 0 fully saturated rings.